The van der Waals surface area contributed by atoms with E-state index in [2.05, 4.69) is 33.4 Å². The smallest absolute Gasteiger partial charge is 0.0520 e. The molecule has 2 rings (SSSR count). The van der Waals surface area contributed by atoms with Crippen molar-refractivity contribution in [2.75, 3.05) is 11.9 Å². The fourth-order valence-electron chi connectivity index (χ4n) is 1.56. The molecule has 0 fully saturated rings. The van der Waals surface area contributed by atoms with E-state index in [4.69, 9.17) is 5.73 Å². The van der Waals surface area contributed by atoms with E-state index in [-0.39, 0.29) is 0 Å². The van der Waals surface area contributed by atoms with Gasteiger partial charge in [0.25, 0.3) is 0 Å². The molecule has 1 heterocycles. The van der Waals surface area contributed by atoms with E-state index in [0.717, 1.165) is 10.9 Å². The Balaban J connectivity index is 2.35. The molecule has 12 heavy (non-hydrogen) atoms. The van der Waals surface area contributed by atoms with Gasteiger partial charge in [-0.15, -0.1) is 0 Å². The summed E-state index contributed by atoms with van der Waals surface area (Å²) in [6.07, 6.45) is 1.05. The zero-order valence-electron chi connectivity index (χ0n) is 6.68. The van der Waals surface area contributed by atoms with Crippen LogP contribution < -0.4 is 11.1 Å². The molecule has 1 aromatic rings. The number of halogens is 1. The second-order valence-electron chi connectivity index (χ2n) is 3.06. The lowest BCUT2D eigenvalue weighted by Gasteiger charge is -2.07. The SMILES string of the molecule is NCC1Cc2cccc(Br)c2N1. The molecule has 3 heteroatoms. The van der Waals surface area contributed by atoms with E-state index in [1.807, 2.05) is 6.07 Å². The third-order valence-electron chi connectivity index (χ3n) is 2.20. The number of hydrogen-bond donors (Lipinski definition) is 2. The average Bonchev–Trinajstić information content (AvgIpc) is 2.49. The van der Waals surface area contributed by atoms with Crippen molar-refractivity contribution in [1.29, 1.82) is 0 Å². The van der Waals surface area contributed by atoms with Crippen molar-refractivity contribution in [3.05, 3.63) is 28.2 Å². The molecule has 3 N–H and O–H groups in total. The maximum absolute atomic E-state index is 5.59. The van der Waals surface area contributed by atoms with Crippen LogP contribution in [0.15, 0.2) is 22.7 Å². The Hall–Kier alpha value is -0.540. The van der Waals surface area contributed by atoms with Gasteiger partial charge in [0.15, 0.2) is 0 Å². The average molecular weight is 227 g/mol. The molecular formula is C9H11BrN2. The van der Waals surface area contributed by atoms with Crippen molar-refractivity contribution >= 4 is 21.6 Å². The number of nitrogens with two attached hydrogens (primary N) is 1. The van der Waals surface area contributed by atoms with Gasteiger partial charge in [-0.2, -0.15) is 0 Å². The fraction of sp³-hybridized carbons (Fsp3) is 0.333. The molecule has 0 saturated carbocycles. The first kappa shape index (κ1) is 8.08. The van der Waals surface area contributed by atoms with Gasteiger partial charge in [0, 0.05) is 17.1 Å². The van der Waals surface area contributed by atoms with Crippen molar-refractivity contribution in [3.63, 3.8) is 0 Å². The minimum absolute atomic E-state index is 0.415. The maximum Gasteiger partial charge on any atom is 0.0520 e. The van der Waals surface area contributed by atoms with Gasteiger partial charge in [-0.1, -0.05) is 12.1 Å². The number of hydrogen-bond acceptors (Lipinski definition) is 2. The first-order chi connectivity index (χ1) is 5.81. The van der Waals surface area contributed by atoms with Crippen LogP contribution in [-0.2, 0) is 6.42 Å². The van der Waals surface area contributed by atoms with Gasteiger partial charge in [0.2, 0.25) is 0 Å². The Morgan fingerprint density at radius 2 is 2.42 bits per heavy atom. The van der Waals surface area contributed by atoms with E-state index >= 15 is 0 Å². The molecule has 0 bridgehead atoms. The fourth-order valence-corrected chi connectivity index (χ4v) is 2.09. The van der Waals surface area contributed by atoms with Crippen LogP contribution in [0.4, 0.5) is 5.69 Å². The van der Waals surface area contributed by atoms with Crippen LogP contribution in [0, 0.1) is 0 Å². The Bertz CT molecular complexity index is 299. The summed E-state index contributed by atoms with van der Waals surface area (Å²) in [5, 5.41) is 3.38. The molecule has 0 spiro atoms. The molecule has 0 amide bonds. The van der Waals surface area contributed by atoms with E-state index in [0.29, 0.717) is 12.6 Å². The largest absolute Gasteiger partial charge is 0.380 e. The molecule has 0 aliphatic carbocycles. The highest BCUT2D eigenvalue weighted by Crippen LogP contribution is 2.32. The Morgan fingerprint density at radius 1 is 1.58 bits per heavy atom. The van der Waals surface area contributed by atoms with Gasteiger partial charge in [-0.25, -0.2) is 0 Å². The summed E-state index contributed by atoms with van der Waals surface area (Å²) >= 11 is 3.50. The Labute approximate surface area is 80.3 Å². The van der Waals surface area contributed by atoms with E-state index in [1.54, 1.807) is 0 Å². The monoisotopic (exact) mass is 226 g/mol. The number of benzene rings is 1. The molecule has 1 unspecified atom stereocenters. The predicted octanol–water partition coefficient (Wildman–Crippen LogP) is 1.74. The van der Waals surface area contributed by atoms with Crippen LogP contribution in [0.1, 0.15) is 5.56 Å². The zero-order valence-corrected chi connectivity index (χ0v) is 8.26. The van der Waals surface area contributed by atoms with Gasteiger partial charge in [0.05, 0.1) is 5.69 Å². The first-order valence-electron chi connectivity index (χ1n) is 4.05. The van der Waals surface area contributed by atoms with Gasteiger partial charge < -0.3 is 11.1 Å². The standard InChI is InChI=1S/C9H11BrN2/c10-8-3-1-2-6-4-7(5-11)12-9(6)8/h1-3,7,12H,4-5,11H2. The van der Waals surface area contributed by atoms with Crippen molar-refractivity contribution in [2.45, 2.75) is 12.5 Å². The highest BCUT2D eigenvalue weighted by atomic mass is 79.9. The van der Waals surface area contributed by atoms with E-state index in [9.17, 15) is 0 Å². The molecule has 0 aromatic heterocycles. The van der Waals surface area contributed by atoms with Crippen LogP contribution in [0.2, 0.25) is 0 Å². The molecule has 0 radical (unpaired) electrons. The third kappa shape index (κ3) is 1.23. The summed E-state index contributed by atoms with van der Waals surface area (Å²) in [5.74, 6) is 0. The van der Waals surface area contributed by atoms with Crippen LogP contribution in [-0.4, -0.2) is 12.6 Å². The van der Waals surface area contributed by atoms with Crippen molar-refractivity contribution in [3.8, 4) is 0 Å². The minimum Gasteiger partial charge on any atom is -0.380 e. The molecule has 64 valence electrons. The molecule has 1 aromatic carbocycles. The van der Waals surface area contributed by atoms with Crippen LogP contribution in [0.25, 0.3) is 0 Å². The zero-order chi connectivity index (χ0) is 8.55. The van der Waals surface area contributed by atoms with Gasteiger partial charge in [0.1, 0.15) is 0 Å². The maximum atomic E-state index is 5.59. The highest BCUT2D eigenvalue weighted by Gasteiger charge is 2.20. The summed E-state index contributed by atoms with van der Waals surface area (Å²) < 4.78 is 1.14. The lowest BCUT2D eigenvalue weighted by Crippen LogP contribution is -2.25. The summed E-state index contributed by atoms with van der Waals surface area (Å²) in [7, 11) is 0. The Morgan fingerprint density at radius 3 is 3.08 bits per heavy atom. The molecular weight excluding hydrogens is 216 g/mol. The van der Waals surface area contributed by atoms with Crippen LogP contribution >= 0.6 is 15.9 Å². The summed E-state index contributed by atoms with van der Waals surface area (Å²) in [6.45, 7) is 0.696. The van der Waals surface area contributed by atoms with Crippen LogP contribution in [0.5, 0.6) is 0 Å². The Kier molecular flexibility index (Phi) is 2.07. The molecule has 1 aliphatic heterocycles. The second kappa shape index (κ2) is 3.07. The number of para-hydroxylation sites is 1. The van der Waals surface area contributed by atoms with Gasteiger partial charge in [-0.05, 0) is 34.0 Å². The van der Waals surface area contributed by atoms with E-state index in [1.165, 1.54) is 11.3 Å². The molecule has 1 aliphatic rings. The van der Waals surface area contributed by atoms with Gasteiger partial charge >= 0.3 is 0 Å². The summed E-state index contributed by atoms with van der Waals surface area (Å²) in [5.41, 5.74) is 8.16. The van der Waals surface area contributed by atoms with Crippen LogP contribution in [0.3, 0.4) is 0 Å². The molecule has 0 saturated heterocycles. The summed E-state index contributed by atoms with van der Waals surface area (Å²) in [4.78, 5) is 0. The topological polar surface area (TPSA) is 38.0 Å². The normalized spacial score (nSPS) is 20.3. The highest BCUT2D eigenvalue weighted by molar-refractivity contribution is 9.10. The lowest BCUT2D eigenvalue weighted by atomic mass is 10.1. The lowest BCUT2D eigenvalue weighted by molar-refractivity contribution is 0.760. The minimum atomic E-state index is 0.415. The summed E-state index contributed by atoms with van der Waals surface area (Å²) in [6, 6.07) is 6.66. The van der Waals surface area contributed by atoms with Crippen molar-refractivity contribution in [2.24, 2.45) is 5.73 Å². The van der Waals surface area contributed by atoms with Crippen molar-refractivity contribution < 1.29 is 0 Å². The van der Waals surface area contributed by atoms with Gasteiger partial charge in [-0.3, -0.25) is 0 Å². The molecule has 1 atom stereocenters. The molecule has 2 nitrogen and oxygen atoms in total. The second-order valence-corrected chi connectivity index (χ2v) is 3.91. The number of rotatable bonds is 1. The van der Waals surface area contributed by atoms with Crippen molar-refractivity contribution in [1.82, 2.24) is 0 Å². The predicted molar refractivity (Wildman–Crippen MR) is 54.3 cm³/mol. The first-order valence-corrected chi connectivity index (χ1v) is 4.84. The quantitative estimate of drug-likeness (QED) is 0.766. The number of anilines is 1. The van der Waals surface area contributed by atoms with E-state index < -0.39 is 0 Å². The number of nitrogens with one attached hydrogen (secondary N) is 1. The third-order valence-corrected chi connectivity index (χ3v) is 2.86. The number of fused-ring (bicyclic) bond motifs is 1.